The first-order valence-corrected chi connectivity index (χ1v) is 5.85. The third-order valence-corrected chi connectivity index (χ3v) is 3.14. The zero-order chi connectivity index (χ0) is 11.7. The van der Waals surface area contributed by atoms with Gasteiger partial charge in [0.1, 0.15) is 5.76 Å². The highest BCUT2D eigenvalue weighted by Gasteiger charge is 2.30. The summed E-state index contributed by atoms with van der Waals surface area (Å²) in [6, 6.07) is 0. The summed E-state index contributed by atoms with van der Waals surface area (Å²) in [7, 11) is 1.99. The highest BCUT2D eigenvalue weighted by Crippen LogP contribution is 2.32. The van der Waals surface area contributed by atoms with Crippen LogP contribution in [-0.2, 0) is 6.54 Å². The van der Waals surface area contributed by atoms with Crippen LogP contribution in [0.1, 0.15) is 30.2 Å². The molecule has 0 aromatic carbocycles. The molecule has 1 heterocycles. The number of oxazole rings is 1. The van der Waals surface area contributed by atoms with E-state index in [1.807, 2.05) is 20.9 Å². The predicted octanol–water partition coefficient (Wildman–Crippen LogP) is 1.49. The molecule has 0 aliphatic heterocycles. The standard InChI is InChI=1S/C12H20N2O2/c1-8-9(2)16-12(13-8)7-14(3)6-11(15)10-4-5-10/h10-11,15H,4-7H2,1-3H3. The van der Waals surface area contributed by atoms with E-state index >= 15 is 0 Å². The number of aromatic nitrogens is 1. The fourth-order valence-corrected chi connectivity index (χ4v) is 1.85. The molecule has 4 nitrogen and oxygen atoms in total. The minimum atomic E-state index is -0.192. The summed E-state index contributed by atoms with van der Waals surface area (Å²) in [6.07, 6.45) is 2.15. The number of aryl methyl sites for hydroxylation is 2. The molecule has 1 aromatic heterocycles. The fraction of sp³-hybridized carbons (Fsp3) is 0.750. The second-order valence-electron chi connectivity index (χ2n) is 4.85. The molecule has 1 aromatic rings. The fourth-order valence-electron chi connectivity index (χ4n) is 1.85. The molecular weight excluding hydrogens is 204 g/mol. The van der Waals surface area contributed by atoms with Crippen molar-refractivity contribution in [2.45, 2.75) is 39.3 Å². The zero-order valence-corrected chi connectivity index (χ0v) is 10.2. The summed E-state index contributed by atoms with van der Waals surface area (Å²) >= 11 is 0. The number of nitrogens with zero attached hydrogens (tertiary/aromatic N) is 2. The highest BCUT2D eigenvalue weighted by atomic mass is 16.4. The van der Waals surface area contributed by atoms with E-state index in [2.05, 4.69) is 9.88 Å². The van der Waals surface area contributed by atoms with Gasteiger partial charge in [0.05, 0.1) is 18.3 Å². The molecule has 1 saturated carbocycles. The molecule has 1 aliphatic carbocycles. The Morgan fingerprint density at radius 3 is 2.69 bits per heavy atom. The van der Waals surface area contributed by atoms with Gasteiger partial charge in [0.25, 0.3) is 0 Å². The summed E-state index contributed by atoms with van der Waals surface area (Å²) in [6.45, 7) is 5.23. The number of hydrogen-bond acceptors (Lipinski definition) is 4. The Kier molecular flexibility index (Phi) is 3.30. The Labute approximate surface area is 96.3 Å². The van der Waals surface area contributed by atoms with Crippen LogP contribution in [0, 0.1) is 19.8 Å². The molecule has 0 saturated heterocycles. The van der Waals surface area contributed by atoms with Gasteiger partial charge in [-0.1, -0.05) is 0 Å². The largest absolute Gasteiger partial charge is 0.444 e. The summed E-state index contributed by atoms with van der Waals surface area (Å²) in [5.41, 5.74) is 0.950. The van der Waals surface area contributed by atoms with E-state index in [0.29, 0.717) is 19.0 Å². The van der Waals surface area contributed by atoms with Gasteiger partial charge < -0.3 is 9.52 Å². The van der Waals surface area contributed by atoms with Crippen molar-refractivity contribution in [2.75, 3.05) is 13.6 Å². The van der Waals surface area contributed by atoms with Crippen LogP contribution in [0.4, 0.5) is 0 Å². The maximum absolute atomic E-state index is 9.80. The Morgan fingerprint density at radius 2 is 2.19 bits per heavy atom. The van der Waals surface area contributed by atoms with Crippen LogP contribution in [0.25, 0.3) is 0 Å². The molecule has 1 N–H and O–H groups in total. The van der Waals surface area contributed by atoms with E-state index < -0.39 is 0 Å². The zero-order valence-electron chi connectivity index (χ0n) is 10.2. The molecule has 0 spiro atoms. The molecule has 2 rings (SSSR count). The van der Waals surface area contributed by atoms with E-state index in [1.54, 1.807) is 0 Å². The quantitative estimate of drug-likeness (QED) is 0.823. The number of likely N-dealkylation sites (N-methyl/N-ethyl adjacent to an activating group) is 1. The Morgan fingerprint density at radius 1 is 1.50 bits per heavy atom. The van der Waals surface area contributed by atoms with Gasteiger partial charge >= 0.3 is 0 Å². The van der Waals surface area contributed by atoms with Crippen molar-refractivity contribution in [3.8, 4) is 0 Å². The van der Waals surface area contributed by atoms with Crippen molar-refractivity contribution < 1.29 is 9.52 Å². The maximum Gasteiger partial charge on any atom is 0.208 e. The van der Waals surface area contributed by atoms with Crippen LogP contribution in [0.15, 0.2) is 4.42 Å². The smallest absolute Gasteiger partial charge is 0.208 e. The van der Waals surface area contributed by atoms with E-state index in [1.165, 1.54) is 12.8 Å². The molecule has 0 bridgehead atoms. The van der Waals surface area contributed by atoms with Gasteiger partial charge in [0.15, 0.2) is 0 Å². The van der Waals surface area contributed by atoms with Crippen molar-refractivity contribution >= 4 is 0 Å². The van der Waals surface area contributed by atoms with Gasteiger partial charge in [-0.3, -0.25) is 4.90 Å². The minimum Gasteiger partial charge on any atom is -0.444 e. The molecule has 16 heavy (non-hydrogen) atoms. The van der Waals surface area contributed by atoms with Gasteiger partial charge in [0.2, 0.25) is 5.89 Å². The van der Waals surface area contributed by atoms with Gasteiger partial charge in [-0.2, -0.15) is 0 Å². The van der Waals surface area contributed by atoms with E-state index in [9.17, 15) is 5.11 Å². The Hall–Kier alpha value is -0.870. The van der Waals surface area contributed by atoms with Crippen molar-refractivity contribution in [3.63, 3.8) is 0 Å². The van der Waals surface area contributed by atoms with Crippen LogP contribution in [0.3, 0.4) is 0 Å². The van der Waals surface area contributed by atoms with E-state index in [-0.39, 0.29) is 6.10 Å². The van der Waals surface area contributed by atoms with Crippen molar-refractivity contribution in [1.82, 2.24) is 9.88 Å². The average molecular weight is 224 g/mol. The number of rotatable bonds is 5. The van der Waals surface area contributed by atoms with E-state index in [0.717, 1.165) is 17.3 Å². The van der Waals surface area contributed by atoms with Crippen LogP contribution in [0.2, 0.25) is 0 Å². The van der Waals surface area contributed by atoms with Gasteiger partial charge in [-0.15, -0.1) is 0 Å². The van der Waals surface area contributed by atoms with Crippen LogP contribution in [-0.4, -0.2) is 34.7 Å². The molecule has 90 valence electrons. The second-order valence-corrected chi connectivity index (χ2v) is 4.85. The SMILES string of the molecule is Cc1nc(CN(C)CC(O)C2CC2)oc1C. The molecule has 1 fully saturated rings. The number of hydrogen-bond donors (Lipinski definition) is 1. The lowest BCUT2D eigenvalue weighted by Gasteiger charge is -2.18. The van der Waals surface area contributed by atoms with E-state index in [4.69, 9.17) is 4.42 Å². The predicted molar refractivity (Wildman–Crippen MR) is 61.0 cm³/mol. The molecule has 0 amide bonds. The van der Waals surface area contributed by atoms with Crippen molar-refractivity contribution in [2.24, 2.45) is 5.92 Å². The highest BCUT2D eigenvalue weighted by molar-refractivity contribution is 5.05. The summed E-state index contributed by atoms with van der Waals surface area (Å²) < 4.78 is 5.51. The van der Waals surface area contributed by atoms with Crippen molar-refractivity contribution in [1.29, 1.82) is 0 Å². The summed E-state index contributed by atoms with van der Waals surface area (Å²) in [5.74, 6) is 2.14. The minimum absolute atomic E-state index is 0.192. The lowest BCUT2D eigenvalue weighted by Crippen LogP contribution is -2.30. The number of aliphatic hydroxyl groups excluding tert-OH is 1. The molecule has 0 radical (unpaired) electrons. The third-order valence-electron chi connectivity index (χ3n) is 3.14. The van der Waals surface area contributed by atoms with Crippen molar-refractivity contribution in [3.05, 3.63) is 17.3 Å². The molecule has 1 aliphatic rings. The monoisotopic (exact) mass is 224 g/mol. The lowest BCUT2D eigenvalue weighted by atomic mass is 10.2. The Bertz CT molecular complexity index is 338. The van der Waals surface area contributed by atoms with Crippen LogP contribution < -0.4 is 0 Å². The summed E-state index contributed by atoms with van der Waals surface area (Å²) in [4.78, 5) is 6.39. The molecule has 1 atom stereocenters. The first-order valence-electron chi connectivity index (χ1n) is 5.85. The molecule has 1 unspecified atom stereocenters. The average Bonchev–Trinajstić information content (AvgIpc) is 2.95. The molecular formula is C12H20N2O2. The maximum atomic E-state index is 9.80. The second kappa shape index (κ2) is 4.55. The molecule has 4 heteroatoms. The lowest BCUT2D eigenvalue weighted by molar-refractivity contribution is 0.100. The van der Waals surface area contributed by atoms with Gasteiger partial charge in [-0.05, 0) is 39.7 Å². The normalized spacial score (nSPS) is 18.1. The summed E-state index contributed by atoms with van der Waals surface area (Å²) in [5, 5.41) is 9.80. The first-order chi connectivity index (χ1) is 7.56. The van der Waals surface area contributed by atoms with Gasteiger partial charge in [-0.25, -0.2) is 4.98 Å². The Balaban J connectivity index is 1.83. The van der Waals surface area contributed by atoms with Gasteiger partial charge in [0, 0.05) is 6.54 Å². The first kappa shape index (κ1) is 11.6. The van der Waals surface area contributed by atoms with Crippen LogP contribution in [0.5, 0.6) is 0 Å². The number of aliphatic hydroxyl groups is 1. The van der Waals surface area contributed by atoms with Crippen LogP contribution >= 0.6 is 0 Å². The third kappa shape index (κ3) is 2.83. The topological polar surface area (TPSA) is 49.5 Å².